The fourth-order valence-corrected chi connectivity index (χ4v) is 2.49. The lowest BCUT2D eigenvalue weighted by atomic mass is 10.1. The Balaban J connectivity index is 2.33. The summed E-state index contributed by atoms with van der Waals surface area (Å²) in [5.74, 6) is -0.841. The number of nitrogens with one attached hydrogen (secondary N) is 1. The van der Waals surface area contributed by atoms with Crippen LogP contribution in [0.5, 0.6) is 0 Å². The molecule has 2 unspecified atom stereocenters. The van der Waals surface area contributed by atoms with Gasteiger partial charge in [0.25, 0.3) is 0 Å². The number of hydrogen-bond acceptors (Lipinski definition) is 3. The third kappa shape index (κ3) is 5.00. The molecule has 0 spiro atoms. The topological polar surface area (TPSA) is 72.9 Å². The summed E-state index contributed by atoms with van der Waals surface area (Å²) < 4.78 is 0. The van der Waals surface area contributed by atoms with Crippen LogP contribution in [0.25, 0.3) is 0 Å². The maximum absolute atomic E-state index is 12.1. The second kappa shape index (κ2) is 8.09. The van der Waals surface area contributed by atoms with Crippen molar-refractivity contribution in [1.82, 2.24) is 15.1 Å². The minimum absolute atomic E-state index is 0.0419. The van der Waals surface area contributed by atoms with Crippen molar-refractivity contribution in [2.75, 3.05) is 26.7 Å². The van der Waals surface area contributed by atoms with Gasteiger partial charge in [-0.3, -0.25) is 4.79 Å². The summed E-state index contributed by atoms with van der Waals surface area (Å²) in [4.78, 5) is 26.7. The number of likely N-dealkylation sites (N-methyl/N-ethyl adjacent to an activating group) is 1. The van der Waals surface area contributed by atoms with E-state index in [1.165, 1.54) is 0 Å². The van der Waals surface area contributed by atoms with Gasteiger partial charge in [0.2, 0.25) is 0 Å². The van der Waals surface area contributed by atoms with E-state index in [2.05, 4.69) is 24.1 Å². The van der Waals surface area contributed by atoms with Crippen LogP contribution < -0.4 is 5.32 Å². The summed E-state index contributed by atoms with van der Waals surface area (Å²) in [6.07, 6.45) is 2.79. The van der Waals surface area contributed by atoms with Crippen LogP contribution in [0.15, 0.2) is 0 Å². The average molecular weight is 285 g/mol. The molecular weight excluding hydrogens is 258 g/mol. The molecule has 0 bridgehead atoms. The normalized spacial score (nSPS) is 20.2. The Hall–Kier alpha value is -1.30. The zero-order valence-electron chi connectivity index (χ0n) is 12.8. The Morgan fingerprint density at radius 2 is 2.20 bits per heavy atom. The molecule has 6 heteroatoms. The highest BCUT2D eigenvalue weighted by molar-refractivity contribution is 5.76. The maximum Gasteiger partial charge on any atom is 0.317 e. The molecule has 1 fully saturated rings. The first kappa shape index (κ1) is 16.8. The van der Waals surface area contributed by atoms with Gasteiger partial charge in [-0.1, -0.05) is 6.92 Å². The molecule has 1 aliphatic heterocycles. The molecule has 1 aliphatic rings. The molecule has 1 heterocycles. The molecule has 0 aliphatic carbocycles. The number of amides is 2. The van der Waals surface area contributed by atoms with Gasteiger partial charge in [0.15, 0.2) is 0 Å². The van der Waals surface area contributed by atoms with Gasteiger partial charge in [-0.2, -0.15) is 0 Å². The van der Waals surface area contributed by atoms with Crippen molar-refractivity contribution >= 4 is 12.0 Å². The van der Waals surface area contributed by atoms with Crippen molar-refractivity contribution < 1.29 is 14.7 Å². The number of rotatable bonds is 7. The van der Waals surface area contributed by atoms with Crippen LogP contribution in [0, 0.1) is 0 Å². The standard InChI is InChI=1S/C14H27N3O3/c1-4-11(2)16(3)9-7-15-14(20)17-8-5-6-12(17)10-13(18)19/h11-12H,4-10H2,1-3H3,(H,15,20)(H,18,19). The van der Waals surface area contributed by atoms with Crippen LogP contribution in [0.1, 0.15) is 39.5 Å². The summed E-state index contributed by atoms with van der Waals surface area (Å²) in [5.41, 5.74) is 0. The Morgan fingerprint density at radius 1 is 1.50 bits per heavy atom. The molecule has 0 aromatic rings. The predicted molar refractivity (Wildman–Crippen MR) is 77.8 cm³/mol. The first-order valence-corrected chi connectivity index (χ1v) is 7.42. The lowest BCUT2D eigenvalue weighted by Crippen LogP contribution is -2.46. The van der Waals surface area contributed by atoms with E-state index in [0.717, 1.165) is 25.8 Å². The van der Waals surface area contributed by atoms with E-state index >= 15 is 0 Å². The average Bonchev–Trinajstić information content (AvgIpc) is 2.84. The molecule has 2 atom stereocenters. The molecule has 0 radical (unpaired) electrons. The van der Waals surface area contributed by atoms with Gasteiger partial charge in [-0.25, -0.2) is 4.79 Å². The molecule has 2 amide bonds. The Bertz CT molecular complexity index is 336. The SMILES string of the molecule is CCC(C)N(C)CCNC(=O)N1CCCC1CC(=O)O. The van der Waals surface area contributed by atoms with Gasteiger partial charge < -0.3 is 20.2 Å². The highest BCUT2D eigenvalue weighted by Gasteiger charge is 2.30. The van der Waals surface area contributed by atoms with Crippen molar-refractivity contribution in [1.29, 1.82) is 0 Å². The number of likely N-dealkylation sites (tertiary alicyclic amines) is 1. The van der Waals surface area contributed by atoms with Crippen LogP contribution in [-0.2, 0) is 4.79 Å². The van der Waals surface area contributed by atoms with E-state index < -0.39 is 5.97 Å². The third-order valence-electron chi connectivity index (χ3n) is 4.13. The molecule has 1 rings (SSSR count). The molecule has 1 saturated heterocycles. The zero-order chi connectivity index (χ0) is 15.1. The fraction of sp³-hybridized carbons (Fsp3) is 0.857. The van der Waals surface area contributed by atoms with Gasteiger partial charge in [0, 0.05) is 31.7 Å². The molecule has 116 valence electrons. The number of carboxylic acid groups (broad SMARTS) is 1. The van der Waals surface area contributed by atoms with E-state index in [4.69, 9.17) is 5.11 Å². The largest absolute Gasteiger partial charge is 0.481 e. The van der Waals surface area contributed by atoms with Crippen molar-refractivity contribution in [3.05, 3.63) is 0 Å². The summed E-state index contributed by atoms with van der Waals surface area (Å²) in [6.45, 7) is 6.35. The van der Waals surface area contributed by atoms with Crippen molar-refractivity contribution in [3.8, 4) is 0 Å². The first-order valence-electron chi connectivity index (χ1n) is 7.42. The van der Waals surface area contributed by atoms with E-state index in [0.29, 0.717) is 19.1 Å². The van der Waals surface area contributed by atoms with E-state index in [-0.39, 0.29) is 18.5 Å². The van der Waals surface area contributed by atoms with Gasteiger partial charge in [-0.15, -0.1) is 0 Å². The van der Waals surface area contributed by atoms with Gasteiger partial charge in [0.1, 0.15) is 0 Å². The van der Waals surface area contributed by atoms with E-state index in [9.17, 15) is 9.59 Å². The summed E-state index contributed by atoms with van der Waals surface area (Å²) in [5, 5.41) is 11.7. The maximum atomic E-state index is 12.1. The van der Waals surface area contributed by atoms with Crippen LogP contribution in [0.2, 0.25) is 0 Å². The number of carbonyl (C=O) groups is 2. The number of urea groups is 1. The van der Waals surface area contributed by atoms with E-state index in [1.54, 1.807) is 4.90 Å². The van der Waals surface area contributed by atoms with Gasteiger partial charge in [0.05, 0.1) is 6.42 Å². The summed E-state index contributed by atoms with van der Waals surface area (Å²) in [7, 11) is 2.05. The Morgan fingerprint density at radius 3 is 2.80 bits per heavy atom. The third-order valence-corrected chi connectivity index (χ3v) is 4.13. The number of carbonyl (C=O) groups excluding carboxylic acids is 1. The molecule has 0 aromatic heterocycles. The summed E-state index contributed by atoms with van der Waals surface area (Å²) >= 11 is 0. The number of aliphatic carboxylic acids is 1. The van der Waals surface area contributed by atoms with Crippen LogP contribution >= 0.6 is 0 Å². The molecular formula is C14H27N3O3. The van der Waals surface area contributed by atoms with Crippen molar-refractivity contribution in [3.63, 3.8) is 0 Å². The molecule has 0 saturated carbocycles. The lowest BCUT2D eigenvalue weighted by Gasteiger charge is -2.26. The quantitative estimate of drug-likeness (QED) is 0.741. The van der Waals surface area contributed by atoms with Gasteiger partial charge in [-0.05, 0) is 33.2 Å². The minimum Gasteiger partial charge on any atom is -0.481 e. The van der Waals surface area contributed by atoms with Crippen LogP contribution in [0.4, 0.5) is 4.79 Å². The lowest BCUT2D eigenvalue weighted by molar-refractivity contribution is -0.137. The monoisotopic (exact) mass is 285 g/mol. The number of hydrogen-bond donors (Lipinski definition) is 2. The molecule has 2 N–H and O–H groups in total. The minimum atomic E-state index is -0.841. The van der Waals surface area contributed by atoms with Crippen LogP contribution in [-0.4, -0.2) is 65.7 Å². The van der Waals surface area contributed by atoms with Gasteiger partial charge >= 0.3 is 12.0 Å². The highest BCUT2D eigenvalue weighted by Crippen LogP contribution is 2.19. The van der Waals surface area contributed by atoms with Crippen LogP contribution in [0.3, 0.4) is 0 Å². The highest BCUT2D eigenvalue weighted by atomic mass is 16.4. The second-order valence-electron chi connectivity index (χ2n) is 5.56. The predicted octanol–water partition coefficient (Wildman–Crippen LogP) is 1.37. The number of nitrogens with zero attached hydrogens (tertiary/aromatic N) is 2. The second-order valence-corrected chi connectivity index (χ2v) is 5.56. The van der Waals surface area contributed by atoms with Crippen molar-refractivity contribution in [2.45, 2.75) is 51.6 Å². The smallest absolute Gasteiger partial charge is 0.317 e. The first-order chi connectivity index (χ1) is 9.45. The van der Waals surface area contributed by atoms with Crippen molar-refractivity contribution in [2.24, 2.45) is 0 Å². The Labute approximate surface area is 121 Å². The zero-order valence-corrected chi connectivity index (χ0v) is 12.8. The fourth-order valence-electron chi connectivity index (χ4n) is 2.49. The number of carboxylic acids is 1. The molecule has 20 heavy (non-hydrogen) atoms. The molecule has 0 aromatic carbocycles. The van der Waals surface area contributed by atoms with E-state index in [1.807, 2.05) is 7.05 Å². The molecule has 6 nitrogen and oxygen atoms in total. The Kier molecular flexibility index (Phi) is 6.78. The summed E-state index contributed by atoms with van der Waals surface area (Å²) in [6, 6.07) is 0.213.